The second-order valence-corrected chi connectivity index (χ2v) is 6.76. The van der Waals surface area contributed by atoms with Gasteiger partial charge in [0.15, 0.2) is 0 Å². The lowest BCUT2D eigenvalue weighted by molar-refractivity contribution is 0.739. The third-order valence-electron chi connectivity index (χ3n) is 3.98. The Morgan fingerprint density at radius 3 is 2.85 bits per heavy atom. The maximum Gasteiger partial charge on any atom is 0.275 e. The molecule has 4 aromatic rings. The Balaban J connectivity index is 0.00000196. The summed E-state index contributed by atoms with van der Waals surface area (Å²) in [7, 11) is 0. The topological polar surface area (TPSA) is 89.6 Å². The van der Waals surface area contributed by atoms with Crippen molar-refractivity contribution in [1.29, 1.82) is 0 Å². The normalized spacial score (nSPS) is 10.8. The Morgan fingerprint density at radius 1 is 1.35 bits per heavy atom. The largest absolute Gasteiger partial charge is 0.332 e. The van der Waals surface area contributed by atoms with E-state index in [1.165, 1.54) is 17.7 Å². The zero-order valence-electron chi connectivity index (χ0n) is 13.5. The van der Waals surface area contributed by atoms with Crippen LogP contribution in [-0.4, -0.2) is 26.1 Å². The van der Waals surface area contributed by atoms with Gasteiger partial charge in [0.05, 0.1) is 21.9 Å². The summed E-state index contributed by atoms with van der Waals surface area (Å²) >= 11 is 7.94. The van der Waals surface area contributed by atoms with Crippen LogP contribution in [0, 0.1) is 0 Å². The van der Waals surface area contributed by atoms with Gasteiger partial charge in [-0.1, -0.05) is 17.7 Å². The highest BCUT2D eigenvalue weighted by atomic mass is 35.5. The van der Waals surface area contributed by atoms with Crippen molar-refractivity contribution in [3.63, 3.8) is 0 Å². The standard InChI is InChI=1S/C17H14ClN5OS.ClH/c18-11-3-7-25-16(11)14-12(10-2-1-5-20-8-10)13-15(23(14)6-4-19)17(24)22-9-21-13;/h1-3,5,7-9H,4,6,19H2,(H,21,22,24);1H. The summed E-state index contributed by atoms with van der Waals surface area (Å²) in [6, 6.07) is 5.65. The molecule has 0 aliphatic carbocycles. The number of aromatic nitrogens is 4. The fourth-order valence-electron chi connectivity index (χ4n) is 3.02. The molecule has 0 aromatic carbocycles. The van der Waals surface area contributed by atoms with Crippen LogP contribution >= 0.6 is 35.3 Å². The summed E-state index contributed by atoms with van der Waals surface area (Å²) in [5.74, 6) is 0. The first-order valence-electron chi connectivity index (χ1n) is 7.66. The lowest BCUT2D eigenvalue weighted by atomic mass is 10.1. The molecule has 0 aliphatic rings. The number of rotatable bonds is 4. The van der Waals surface area contributed by atoms with Gasteiger partial charge in [0.25, 0.3) is 5.56 Å². The minimum Gasteiger partial charge on any atom is -0.332 e. The molecular weight excluding hydrogens is 393 g/mol. The van der Waals surface area contributed by atoms with E-state index < -0.39 is 0 Å². The summed E-state index contributed by atoms with van der Waals surface area (Å²) in [6.45, 7) is 0.871. The summed E-state index contributed by atoms with van der Waals surface area (Å²) in [5, 5.41) is 2.56. The van der Waals surface area contributed by atoms with Crippen molar-refractivity contribution in [3.05, 3.63) is 57.7 Å². The molecule has 0 atom stereocenters. The summed E-state index contributed by atoms with van der Waals surface area (Å²) in [5.41, 5.74) is 9.28. The number of fused-ring (bicyclic) bond motifs is 1. The smallest absolute Gasteiger partial charge is 0.275 e. The zero-order chi connectivity index (χ0) is 17.4. The van der Waals surface area contributed by atoms with Crippen LogP contribution in [0.4, 0.5) is 0 Å². The average Bonchev–Trinajstić information content (AvgIpc) is 3.18. The molecule has 0 amide bonds. The molecule has 9 heteroatoms. The van der Waals surface area contributed by atoms with Crippen molar-refractivity contribution >= 4 is 46.4 Å². The molecule has 0 saturated heterocycles. The maximum absolute atomic E-state index is 12.5. The van der Waals surface area contributed by atoms with Gasteiger partial charge in [-0.25, -0.2) is 4.98 Å². The number of halogens is 2. The second kappa shape index (κ2) is 7.59. The predicted octanol–water partition coefficient (Wildman–Crippen LogP) is 3.55. The van der Waals surface area contributed by atoms with Gasteiger partial charge in [-0.2, -0.15) is 0 Å². The van der Waals surface area contributed by atoms with E-state index in [2.05, 4.69) is 15.0 Å². The van der Waals surface area contributed by atoms with E-state index in [9.17, 15) is 4.79 Å². The number of pyridine rings is 1. The summed E-state index contributed by atoms with van der Waals surface area (Å²) < 4.78 is 1.90. The Labute approximate surface area is 164 Å². The van der Waals surface area contributed by atoms with Crippen LogP contribution in [0.5, 0.6) is 0 Å². The van der Waals surface area contributed by atoms with Crippen molar-refractivity contribution in [2.75, 3.05) is 6.54 Å². The monoisotopic (exact) mass is 407 g/mol. The molecule has 0 fully saturated rings. The highest BCUT2D eigenvalue weighted by Gasteiger charge is 2.24. The van der Waals surface area contributed by atoms with Crippen LogP contribution in [0.15, 0.2) is 47.1 Å². The van der Waals surface area contributed by atoms with E-state index in [0.717, 1.165) is 21.7 Å². The molecule has 3 N–H and O–H groups in total. The van der Waals surface area contributed by atoms with E-state index >= 15 is 0 Å². The number of nitrogens with one attached hydrogen (secondary N) is 1. The van der Waals surface area contributed by atoms with Crippen LogP contribution in [0.25, 0.3) is 32.7 Å². The minimum absolute atomic E-state index is 0. The summed E-state index contributed by atoms with van der Waals surface area (Å²) in [4.78, 5) is 24.7. The molecule has 0 unspecified atom stereocenters. The first-order chi connectivity index (χ1) is 12.2. The first kappa shape index (κ1) is 18.6. The van der Waals surface area contributed by atoms with Crippen molar-refractivity contribution in [3.8, 4) is 21.7 Å². The van der Waals surface area contributed by atoms with Gasteiger partial charge in [-0.15, -0.1) is 23.7 Å². The van der Waals surface area contributed by atoms with E-state index in [0.29, 0.717) is 29.1 Å². The summed E-state index contributed by atoms with van der Waals surface area (Å²) in [6.07, 6.45) is 4.88. The highest BCUT2D eigenvalue weighted by Crippen LogP contribution is 2.43. The van der Waals surface area contributed by atoms with Crippen LogP contribution in [0.1, 0.15) is 0 Å². The molecular formula is C17H15Cl2N5OS. The quantitative estimate of drug-likeness (QED) is 0.541. The van der Waals surface area contributed by atoms with Crippen molar-refractivity contribution in [1.82, 2.24) is 19.5 Å². The van der Waals surface area contributed by atoms with E-state index in [4.69, 9.17) is 17.3 Å². The molecule has 0 spiro atoms. The maximum atomic E-state index is 12.5. The van der Waals surface area contributed by atoms with Gasteiger partial charge in [0.2, 0.25) is 0 Å². The number of thiophene rings is 1. The second-order valence-electron chi connectivity index (χ2n) is 5.43. The van der Waals surface area contributed by atoms with Crippen LogP contribution in [0.2, 0.25) is 5.02 Å². The molecule has 0 aliphatic heterocycles. The van der Waals surface area contributed by atoms with Gasteiger partial charge in [-0.05, 0) is 17.5 Å². The highest BCUT2D eigenvalue weighted by molar-refractivity contribution is 7.14. The van der Waals surface area contributed by atoms with Crippen LogP contribution in [0.3, 0.4) is 0 Å². The molecule has 0 radical (unpaired) electrons. The van der Waals surface area contributed by atoms with Gasteiger partial charge in [0, 0.05) is 36.6 Å². The molecule has 0 bridgehead atoms. The number of aromatic amines is 1. The Morgan fingerprint density at radius 2 is 2.19 bits per heavy atom. The lowest BCUT2D eigenvalue weighted by Gasteiger charge is -2.10. The number of nitrogens with two attached hydrogens (primary N) is 1. The van der Waals surface area contributed by atoms with E-state index in [1.54, 1.807) is 12.4 Å². The van der Waals surface area contributed by atoms with Gasteiger partial charge >= 0.3 is 0 Å². The number of H-pyrrole nitrogens is 1. The van der Waals surface area contributed by atoms with Crippen molar-refractivity contribution in [2.45, 2.75) is 6.54 Å². The molecule has 6 nitrogen and oxygen atoms in total. The first-order valence-corrected chi connectivity index (χ1v) is 8.92. The zero-order valence-corrected chi connectivity index (χ0v) is 15.9. The molecule has 134 valence electrons. The number of hydrogen-bond donors (Lipinski definition) is 2. The molecule has 4 heterocycles. The van der Waals surface area contributed by atoms with Gasteiger partial charge < -0.3 is 15.3 Å². The van der Waals surface area contributed by atoms with Crippen molar-refractivity contribution in [2.24, 2.45) is 5.73 Å². The average molecular weight is 408 g/mol. The Kier molecular flexibility index (Phi) is 5.43. The SMILES string of the molecule is Cl.NCCn1c(-c2sccc2Cl)c(-c2cccnc2)c2nc[nH]c(=O)c21. The minimum atomic E-state index is -0.206. The van der Waals surface area contributed by atoms with Crippen LogP contribution < -0.4 is 11.3 Å². The third kappa shape index (κ3) is 2.93. The number of nitrogens with zero attached hydrogens (tertiary/aromatic N) is 3. The molecule has 0 saturated carbocycles. The van der Waals surface area contributed by atoms with Crippen molar-refractivity contribution < 1.29 is 0 Å². The Hall–Kier alpha value is -2.19. The molecule has 26 heavy (non-hydrogen) atoms. The third-order valence-corrected chi connectivity index (χ3v) is 5.33. The van der Waals surface area contributed by atoms with Crippen LogP contribution in [-0.2, 0) is 6.54 Å². The van der Waals surface area contributed by atoms with E-state index in [1.807, 2.05) is 28.1 Å². The van der Waals surface area contributed by atoms with Gasteiger partial charge in [-0.3, -0.25) is 9.78 Å². The van der Waals surface area contributed by atoms with E-state index in [-0.39, 0.29) is 18.0 Å². The predicted molar refractivity (Wildman–Crippen MR) is 108 cm³/mol. The fraction of sp³-hybridized carbons (Fsp3) is 0.118. The van der Waals surface area contributed by atoms with Gasteiger partial charge in [0.1, 0.15) is 11.0 Å². The molecule has 4 rings (SSSR count). The molecule has 4 aromatic heterocycles. The number of hydrogen-bond acceptors (Lipinski definition) is 5. The Bertz CT molecular complexity index is 1100. The lowest BCUT2D eigenvalue weighted by Crippen LogP contribution is -2.16. The fourth-order valence-corrected chi connectivity index (χ4v) is 4.23.